The summed E-state index contributed by atoms with van der Waals surface area (Å²) in [6.07, 6.45) is 0.515. The van der Waals surface area contributed by atoms with Gasteiger partial charge in [0, 0.05) is 6.42 Å². The Bertz CT molecular complexity index is 544. The minimum atomic E-state index is -0.458. The molecular weight excluding hydrogens is 270 g/mol. The second kappa shape index (κ2) is 5.73. The number of benzene rings is 1. The van der Waals surface area contributed by atoms with E-state index in [1.54, 1.807) is 12.0 Å². The van der Waals surface area contributed by atoms with Crippen LogP contribution in [0.1, 0.15) is 5.56 Å². The molecule has 2 atom stereocenters. The monoisotopic (exact) mass is 290 g/mol. The van der Waals surface area contributed by atoms with Gasteiger partial charge in [0.2, 0.25) is 11.8 Å². The van der Waals surface area contributed by atoms with Gasteiger partial charge in [-0.2, -0.15) is 0 Å². The molecule has 0 aromatic heterocycles. The molecule has 6 nitrogen and oxygen atoms in total. The Morgan fingerprint density at radius 2 is 2.10 bits per heavy atom. The first-order chi connectivity index (χ1) is 10.2. The summed E-state index contributed by atoms with van der Waals surface area (Å²) < 4.78 is 5.12. The molecule has 1 aromatic carbocycles. The number of nitrogens with two attached hydrogens (primary N) is 1. The van der Waals surface area contributed by atoms with Crippen LogP contribution >= 0.6 is 0 Å². The number of methoxy groups -OCH3 is 1. The zero-order valence-corrected chi connectivity index (χ0v) is 12.0. The van der Waals surface area contributed by atoms with Gasteiger partial charge in [0.1, 0.15) is 18.3 Å². The first-order valence-electron chi connectivity index (χ1n) is 7.24. The second-order valence-corrected chi connectivity index (χ2v) is 5.47. The third-order valence-corrected chi connectivity index (χ3v) is 4.14. The molecular formula is C15H20N3O3+. The lowest BCUT2D eigenvalue weighted by atomic mass is 9.99. The van der Waals surface area contributed by atoms with Crippen LogP contribution in [0.2, 0.25) is 0 Å². The molecule has 1 aromatic rings. The lowest BCUT2D eigenvalue weighted by Crippen LogP contribution is -2.94. The molecule has 2 heterocycles. The maximum atomic E-state index is 12.5. The van der Waals surface area contributed by atoms with E-state index >= 15 is 0 Å². The van der Waals surface area contributed by atoms with Crippen LogP contribution in [0.15, 0.2) is 24.3 Å². The summed E-state index contributed by atoms with van der Waals surface area (Å²) in [5.41, 5.74) is 1.01. The first kappa shape index (κ1) is 13.9. The highest BCUT2D eigenvalue weighted by Crippen LogP contribution is 2.16. The molecule has 2 saturated heterocycles. The van der Waals surface area contributed by atoms with Crippen LogP contribution in [0.4, 0.5) is 0 Å². The average molecular weight is 290 g/mol. The first-order valence-corrected chi connectivity index (χ1v) is 7.24. The molecule has 2 aliphatic rings. The molecule has 2 aliphatic heterocycles. The van der Waals surface area contributed by atoms with Crippen molar-refractivity contribution in [1.29, 1.82) is 0 Å². The Balaban J connectivity index is 1.72. The van der Waals surface area contributed by atoms with Crippen LogP contribution in [0, 0.1) is 0 Å². The zero-order valence-electron chi connectivity index (χ0n) is 12.0. The highest BCUT2D eigenvalue weighted by Gasteiger charge is 2.42. The number of quaternary nitrogens is 1. The standard InChI is InChI=1S/C15H19N3O3/c1-21-11-4-2-10(3-5-11)8-12-15(20)18-7-6-16-9-13(18)14(19)17-12/h2-5,12-13,16H,6-9H2,1H3,(H,17,19)/p+1/t12-,13+/m0/s1. The van der Waals surface area contributed by atoms with E-state index < -0.39 is 6.04 Å². The lowest BCUT2D eigenvalue weighted by Gasteiger charge is -2.40. The van der Waals surface area contributed by atoms with Crippen molar-refractivity contribution in [3.63, 3.8) is 0 Å². The second-order valence-electron chi connectivity index (χ2n) is 5.47. The predicted molar refractivity (Wildman–Crippen MR) is 75.8 cm³/mol. The van der Waals surface area contributed by atoms with E-state index in [0.29, 0.717) is 19.5 Å². The lowest BCUT2D eigenvalue weighted by molar-refractivity contribution is -0.665. The number of fused-ring (bicyclic) bond motifs is 1. The highest BCUT2D eigenvalue weighted by atomic mass is 16.5. The Morgan fingerprint density at radius 3 is 2.81 bits per heavy atom. The van der Waals surface area contributed by atoms with Gasteiger partial charge in [-0.1, -0.05) is 12.1 Å². The molecule has 21 heavy (non-hydrogen) atoms. The van der Waals surface area contributed by atoms with Crippen molar-refractivity contribution in [2.24, 2.45) is 0 Å². The molecule has 3 rings (SSSR count). The maximum Gasteiger partial charge on any atom is 0.249 e. The highest BCUT2D eigenvalue weighted by molar-refractivity contribution is 5.97. The van der Waals surface area contributed by atoms with Gasteiger partial charge in [0.15, 0.2) is 6.04 Å². The van der Waals surface area contributed by atoms with Crippen molar-refractivity contribution in [3.05, 3.63) is 29.8 Å². The zero-order chi connectivity index (χ0) is 14.8. The van der Waals surface area contributed by atoms with Gasteiger partial charge in [0.05, 0.1) is 20.2 Å². The van der Waals surface area contributed by atoms with E-state index in [9.17, 15) is 9.59 Å². The fraction of sp³-hybridized carbons (Fsp3) is 0.467. The normalized spacial score (nSPS) is 25.3. The number of carbonyl (C=O) groups is 2. The van der Waals surface area contributed by atoms with Crippen LogP contribution < -0.4 is 15.4 Å². The third-order valence-electron chi connectivity index (χ3n) is 4.14. The molecule has 0 bridgehead atoms. The van der Waals surface area contributed by atoms with E-state index in [2.05, 4.69) is 10.6 Å². The van der Waals surface area contributed by atoms with E-state index in [1.165, 1.54) is 0 Å². The average Bonchev–Trinajstić information content (AvgIpc) is 2.53. The SMILES string of the molecule is COc1ccc(C[C@@H]2NC(=O)[C@H]3C[NH2+]CCN3C2=O)cc1. The molecule has 3 N–H and O–H groups in total. The Morgan fingerprint density at radius 1 is 1.33 bits per heavy atom. The molecule has 0 aliphatic carbocycles. The molecule has 0 unspecified atom stereocenters. The molecule has 0 saturated carbocycles. The van der Waals surface area contributed by atoms with Crippen molar-refractivity contribution in [3.8, 4) is 5.75 Å². The van der Waals surface area contributed by atoms with Crippen LogP contribution in [0.3, 0.4) is 0 Å². The van der Waals surface area contributed by atoms with Gasteiger partial charge in [-0.05, 0) is 17.7 Å². The number of carbonyl (C=O) groups excluding carboxylic acids is 2. The number of hydrogen-bond donors (Lipinski definition) is 2. The van der Waals surface area contributed by atoms with Crippen LogP contribution in [0.5, 0.6) is 5.75 Å². The van der Waals surface area contributed by atoms with Crippen molar-refractivity contribution in [2.45, 2.75) is 18.5 Å². The largest absolute Gasteiger partial charge is 0.497 e. The summed E-state index contributed by atoms with van der Waals surface area (Å²) >= 11 is 0. The maximum absolute atomic E-state index is 12.5. The predicted octanol–water partition coefficient (Wildman–Crippen LogP) is -1.49. The van der Waals surface area contributed by atoms with E-state index in [-0.39, 0.29) is 17.9 Å². The molecule has 6 heteroatoms. The van der Waals surface area contributed by atoms with E-state index in [1.807, 2.05) is 24.3 Å². The van der Waals surface area contributed by atoms with Gasteiger partial charge < -0.3 is 20.3 Å². The molecule has 2 fully saturated rings. The summed E-state index contributed by atoms with van der Waals surface area (Å²) in [7, 11) is 1.62. The number of hydrogen-bond acceptors (Lipinski definition) is 3. The Hall–Kier alpha value is -2.08. The number of rotatable bonds is 3. The van der Waals surface area contributed by atoms with Gasteiger partial charge in [-0.3, -0.25) is 9.59 Å². The van der Waals surface area contributed by atoms with E-state index in [0.717, 1.165) is 17.9 Å². The van der Waals surface area contributed by atoms with Crippen LogP contribution in [0.25, 0.3) is 0 Å². The number of nitrogens with one attached hydrogen (secondary N) is 1. The fourth-order valence-corrected chi connectivity index (χ4v) is 2.97. The molecule has 112 valence electrons. The summed E-state index contributed by atoms with van der Waals surface area (Å²) in [6, 6.07) is 6.81. The van der Waals surface area contributed by atoms with Gasteiger partial charge >= 0.3 is 0 Å². The van der Waals surface area contributed by atoms with Crippen molar-refractivity contribution in [2.75, 3.05) is 26.7 Å². The topological polar surface area (TPSA) is 75.2 Å². The summed E-state index contributed by atoms with van der Waals surface area (Å²) in [5, 5.41) is 4.94. The summed E-state index contributed by atoms with van der Waals surface area (Å²) in [6.45, 7) is 2.17. The van der Waals surface area contributed by atoms with E-state index in [4.69, 9.17) is 4.74 Å². The minimum Gasteiger partial charge on any atom is -0.497 e. The number of nitrogens with zero attached hydrogens (tertiary/aromatic N) is 1. The fourth-order valence-electron chi connectivity index (χ4n) is 2.97. The summed E-state index contributed by atoms with van der Waals surface area (Å²) in [5.74, 6) is 0.775. The number of ether oxygens (including phenoxy) is 1. The van der Waals surface area contributed by atoms with Crippen LogP contribution in [-0.4, -0.2) is 55.5 Å². The van der Waals surface area contributed by atoms with Gasteiger partial charge in [-0.25, -0.2) is 0 Å². The smallest absolute Gasteiger partial charge is 0.249 e. The van der Waals surface area contributed by atoms with Gasteiger partial charge in [0.25, 0.3) is 0 Å². The summed E-state index contributed by atoms with van der Waals surface area (Å²) in [4.78, 5) is 26.4. The Kier molecular flexibility index (Phi) is 3.79. The Labute approximate surface area is 123 Å². The molecule has 2 amide bonds. The molecule has 0 spiro atoms. The third kappa shape index (κ3) is 2.71. The number of piperazine rings is 2. The van der Waals surface area contributed by atoms with Gasteiger partial charge in [-0.15, -0.1) is 0 Å². The van der Waals surface area contributed by atoms with Crippen molar-refractivity contribution >= 4 is 11.8 Å². The molecule has 0 radical (unpaired) electrons. The minimum absolute atomic E-state index is 0.0310. The quantitative estimate of drug-likeness (QED) is 0.712. The van der Waals surface area contributed by atoms with Crippen LogP contribution in [-0.2, 0) is 16.0 Å². The van der Waals surface area contributed by atoms with Crippen molar-refractivity contribution < 1.29 is 19.6 Å². The van der Waals surface area contributed by atoms with Crippen molar-refractivity contribution in [1.82, 2.24) is 10.2 Å². The number of amides is 2.